The van der Waals surface area contributed by atoms with Crippen molar-refractivity contribution in [2.45, 2.75) is 18.9 Å². The lowest BCUT2D eigenvalue weighted by molar-refractivity contribution is -0.206. The lowest BCUT2D eigenvalue weighted by atomic mass is 10.1. The Morgan fingerprint density at radius 3 is 2.35 bits per heavy atom. The van der Waals surface area contributed by atoms with Gasteiger partial charge in [0.1, 0.15) is 6.61 Å². The van der Waals surface area contributed by atoms with E-state index in [1.807, 2.05) is 0 Å². The van der Waals surface area contributed by atoms with Gasteiger partial charge in [0, 0.05) is 5.56 Å². The topological polar surface area (TPSA) is 58.6 Å². The average molecular weight is 325 g/mol. The van der Waals surface area contributed by atoms with Gasteiger partial charge in [-0.15, -0.1) is 0 Å². The van der Waals surface area contributed by atoms with Gasteiger partial charge in [0.15, 0.2) is 6.10 Å². The first kappa shape index (κ1) is 16.8. The number of para-hydroxylation sites is 1. The quantitative estimate of drug-likeness (QED) is 0.892. The molecular weight excluding hydrogens is 311 g/mol. The monoisotopic (exact) mass is 325 g/mol. The van der Waals surface area contributed by atoms with E-state index in [0.717, 1.165) is 11.6 Å². The third-order valence-corrected chi connectivity index (χ3v) is 3.01. The maximum Gasteiger partial charge on any atom is 0.418 e. The Labute approximate surface area is 130 Å². The second-order valence-electron chi connectivity index (χ2n) is 4.72. The summed E-state index contributed by atoms with van der Waals surface area (Å²) in [6.07, 6.45) is -8.42. The Morgan fingerprint density at radius 1 is 1.09 bits per heavy atom. The molecule has 2 rings (SSSR count). The predicted molar refractivity (Wildman–Crippen MR) is 77.7 cm³/mol. The Hall–Kier alpha value is -2.54. The van der Waals surface area contributed by atoms with Crippen molar-refractivity contribution in [2.75, 3.05) is 5.32 Å². The molecule has 122 valence electrons. The fraction of sp³-hybridized carbons (Fsp3) is 0.188. The summed E-state index contributed by atoms with van der Waals surface area (Å²) in [5.74, 6) is 0. The van der Waals surface area contributed by atoms with Crippen molar-refractivity contribution in [3.63, 3.8) is 0 Å². The number of hydrogen-bond acceptors (Lipinski definition) is 3. The fourth-order valence-electron chi connectivity index (χ4n) is 1.89. The van der Waals surface area contributed by atoms with E-state index in [1.54, 1.807) is 30.3 Å². The molecule has 2 N–H and O–H groups in total. The highest BCUT2D eigenvalue weighted by atomic mass is 19.4. The Bertz CT molecular complexity index is 659. The molecule has 0 bridgehead atoms. The Morgan fingerprint density at radius 2 is 1.70 bits per heavy atom. The molecule has 0 spiro atoms. The van der Waals surface area contributed by atoms with Crippen LogP contribution in [0.5, 0.6) is 0 Å². The van der Waals surface area contributed by atoms with Crippen LogP contribution in [0.3, 0.4) is 0 Å². The summed E-state index contributed by atoms with van der Waals surface area (Å²) in [5.41, 5.74) is 0.137. The van der Waals surface area contributed by atoms with Crippen LogP contribution in [0.15, 0.2) is 54.6 Å². The number of carbonyl (C=O) groups excluding carboxylic acids is 1. The van der Waals surface area contributed by atoms with Crippen molar-refractivity contribution >= 4 is 11.8 Å². The highest BCUT2D eigenvalue weighted by molar-refractivity contribution is 5.85. The largest absolute Gasteiger partial charge is 0.444 e. The molecule has 2 aromatic rings. The average Bonchev–Trinajstić information content (AvgIpc) is 2.53. The molecule has 1 amide bonds. The number of rotatable bonds is 4. The van der Waals surface area contributed by atoms with Crippen LogP contribution in [0.1, 0.15) is 17.2 Å². The second-order valence-corrected chi connectivity index (χ2v) is 4.72. The number of aliphatic hydroxyl groups excluding tert-OH is 1. The molecule has 2 aromatic carbocycles. The standard InChI is InChI=1S/C16H14F3NO3/c17-16(18,19)14(21)12-8-4-5-9-13(12)20-15(22)23-10-11-6-2-1-3-7-11/h1-9,14,21H,10H2,(H,20,22). The minimum atomic E-state index is -4.83. The van der Waals surface area contributed by atoms with E-state index in [0.29, 0.717) is 0 Å². The maximum absolute atomic E-state index is 12.6. The smallest absolute Gasteiger partial charge is 0.418 e. The second kappa shape index (κ2) is 7.15. The molecule has 0 saturated heterocycles. The van der Waals surface area contributed by atoms with E-state index in [1.165, 1.54) is 18.2 Å². The molecule has 0 radical (unpaired) electrons. The fourth-order valence-corrected chi connectivity index (χ4v) is 1.89. The number of benzene rings is 2. The normalized spacial score (nSPS) is 12.5. The molecule has 1 unspecified atom stereocenters. The molecule has 1 atom stereocenters. The molecule has 7 heteroatoms. The van der Waals surface area contributed by atoms with Crippen molar-refractivity contribution in [3.05, 3.63) is 65.7 Å². The van der Waals surface area contributed by atoms with Crippen LogP contribution >= 0.6 is 0 Å². The van der Waals surface area contributed by atoms with Crippen molar-refractivity contribution in [1.82, 2.24) is 0 Å². The van der Waals surface area contributed by atoms with E-state index in [4.69, 9.17) is 4.74 Å². The molecule has 23 heavy (non-hydrogen) atoms. The van der Waals surface area contributed by atoms with Gasteiger partial charge in [-0.3, -0.25) is 5.32 Å². The van der Waals surface area contributed by atoms with Crippen LogP contribution in [0.25, 0.3) is 0 Å². The first-order chi connectivity index (χ1) is 10.9. The third kappa shape index (κ3) is 4.72. The van der Waals surface area contributed by atoms with Crippen LogP contribution < -0.4 is 5.32 Å². The van der Waals surface area contributed by atoms with Crippen LogP contribution in [0.2, 0.25) is 0 Å². The predicted octanol–water partition coefficient (Wildman–Crippen LogP) is 4.03. The van der Waals surface area contributed by atoms with Crippen molar-refractivity contribution in [2.24, 2.45) is 0 Å². The van der Waals surface area contributed by atoms with Gasteiger partial charge in [0.2, 0.25) is 0 Å². The SMILES string of the molecule is O=C(Nc1ccccc1C(O)C(F)(F)F)OCc1ccccc1. The summed E-state index contributed by atoms with van der Waals surface area (Å²) in [5, 5.41) is 11.6. The van der Waals surface area contributed by atoms with Gasteiger partial charge < -0.3 is 9.84 Å². The number of amides is 1. The van der Waals surface area contributed by atoms with Gasteiger partial charge >= 0.3 is 12.3 Å². The highest BCUT2D eigenvalue weighted by Crippen LogP contribution is 2.35. The van der Waals surface area contributed by atoms with E-state index in [-0.39, 0.29) is 12.3 Å². The van der Waals surface area contributed by atoms with E-state index in [2.05, 4.69) is 5.32 Å². The van der Waals surface area contributed by atoms with E-state index in [9.17, 15) is 23.1 Å². The number of ether oxygens (including phenoxy) is 1. The van der Waals surface area contributed by atoms with Gasteiger partial charge in [-0.25, -0.2) is 4.79 Å². The number of hydrogen-bond donors (Lipinski definition) is 2. The van der Waals surface area contributed by atoms with Crippen molar-refractivity contribution < 1.29 is 27.8 Å². The van der Waals surface area contributed by atoms with Crippen LogP contribution in [-0.4, -0.2) is 17.4 Å². The number of nitrogens with one attached hydrogen (secondary N) is 1. The first-order valence-electron chi connectivity index (χ1n) is 6.69. The summed E-state index contributed by atoms with van der Waals surface area (Å²) < 4.78 is 42.8. The number of alkyl halides is 3. The van der Waals surface area contributed by atoms with Crippen molar-refractivity contribution in [3.8, 4) is 0 Å². The zero-order chi connectivity index (χ0) is 16.9. The minimum Gasteiger partial charge on any atom is -0.444 e. The van der Waals surface area contributed by atoms with Crippen LogP contribution in [0, 0.1) is 0 Å². The summed E-state index contributed by atoms with van der Waals surface area (Å²) in [6.45, 7) is -0.0172. The number of carbonyl (C=O) groups is 1. The molecular formula is C16H14F3NO3. The molecule has 0 heterocycles. The third-order valence-electron chi connectivity index (χ3n) is 3.01. The molecule has 0 aromatic heterocycles. The van der Waals surface area contributed by atoms with Gasteiger partial charge in [-0.1, -0.05) is 48.5 Å². The molecule has 0 aliphatic heterocycles. The lowest BCUT2D eigenvalue weighted by Crippen LogP contribution is -2.23. The number of aliphatic hydroxyl groups is 1. The zero-order valence-electron chi connectivity index (χ0n) is 11.9. The summed E-state index contributed by atoms with van der Waals surface area (Å²) in [4.78, 5) is 11.7. The maximum atomic E-state index is 12.6. The summed E-state index contributed by atoms with van der Waals surface area (Å²) in [6, 6.07) is 14.0. The molecule has 4 nitrogen and oxygen atoms in total. The Balaban J connectivity index is 2.04. The van der Waals surface area contributed by atoms with Crippen LogP contribution in [0.4, 0.5) is 23.7 Å². The first-order valence-corrected chi connectivity index (χ1v) is 6.69. The molecule has 0 aliphatic rings. The Kier molecular flexibility index (Phi) is 5.23. The zero-order valence-corrected chi connectivity index (χ0v) is 11.9. The molecule has 0 fully saturated rings. The number of halogens is 3. The molecule has 0 aliphatic carbocycles. The van der Waals surface area contributed by atoms with Gasteiger partial charge in [-0.05, 0) is 11.6 Å². The van der Waals surface area contributed by atoms with Gasteiger partial charge in [0.05, 0.1) is 5.69 Å². The molecule has 0 saturated carbocycles. The van der Waals surface area contributed by atoms with Crippen LogP contribution in [-0.2, 0) is 11.3 Å². The summed E-state index contributed by atoms with van der Waals surface area (Å²) >= 11 is 0. The number of anilines is 1. The highest BCUT2D eigenvalue weighted by Gasteiger charge is 2.40. The lowest BCUT2D eigenvalue weighted by Gasteiger charge is -2.18. The minimum absolute atomic E-state index is 0.0172. The van der Waals surface area contributed by atoms with Gasteiger partial charge in [-0.2, -0.15) is 13.2 Å². The van der Waals surface area contributed by atoms with E-state index >= 15 is 0 Å². The van der Waals surface area contributed by atoms with Crippen molar-refractivity contribution in [1.29, 1.82) is 0 Å². The van der Waals surface area contributed by atoms with Gasteiger partial charge in [0.25, 0.3) is 0 Å². The van der Waals surface area contributed by atoms with E-state index < -0.39 is 23.9 Å². The summed E-state index contributed by atoms with van der Waals surface area (Å²) in [7, 11) is 0.